The number of hydrogen-bond acceptors (Lipinski definition) is 9. The van der Waals surface area contributed by atoms with Crippen molar-refractivity contribution >= 4 is 18.2 Å². The predicted molar refractivity (Wildman–Crippen MR) is 109 cm³/mol. The van der Waals surface area contributed by atoms with Crippen molar-refractivity contribution in [1.82, 2.24) is 29.7 Å². The maximum absolute atomic E-state index is 12.5. The molecular weight excluding hydrogens is 391 g/mol. The molecule has 11 heteroatoms. The number of likely N-dealkylation sites (N-methyl/N-ethyl adjacent to an activating group) is 2. The van der Waals surface area contributed by atoms with E-state index in [2.05, 4.69) is 47.8 Å². The van der Waals surface area contributed by atoms with Gasteiger partial charge < -0.3 is 9.80 Å². The molecule has 0 atom stereocenters. The van der Waals surface area contributed by atoms with Crippen LogP contribution in [-0.2, 0) is 13.8 Å². The van der Waals surface area contributed by atoms with E-state index in [0.717, 1.165) is 52.4 Å². The number of halogens is 1. The first-order chi connectivity index (χ1) is 12.7. The topological polar surface area (TPSA) is 55.0 Å². The molecule has 0 spiro atoms. The standard InChI is InChI=1S/C16H36ClN6O3P/c1-18(2)5-7-20-9-13-22(14-10-20)25-27(17,24)26-23-15-11-21(12-16-23)8-6-19(3)4/h5-16H2,1-4H3. The first-order valence-electron chi connectivity index (χ1n) is 9.67. The minimum absolute atomic E-state index is 0.672. The van der Waals surface area contributed by atoms with E-state index < -0.39 is 6.95 Å². The Hall–Kier alpha value is 0.200. The largest absolute Gasteiger partial charge is 0.457 e. The second kappa shape index (κ2) is 11.4. The molecule has 9 nitrogen and oxygen atoms in total. The Balaban J connectivity index is 1.65. The Kier molecular flexibility index (Phi) is 9.91. The lowest BCUT2D eigenvalue weighted by Crippen LogP contribution is -2.48. The Morgan fingerprint density at radius 3 is 1.37 bits per heavy atom. The van der Waals surface area contributed by atoms with Gasteiger partial charge in [-0.15, -0.1) is 0 Å². The summed E-state index contributed by atoms with van der Waals surface area (Å²) < 4.78 is 23.5. The van der Waals surface area contributed by atoms with E-state index in [1.54, 1.807) is 10.1 Å². The van der Waals surface area contributed by atoms with E-state index in [9.17, 15) is 4.57 Å². The van der Waals surface area contributed by atoms with Gasteiger partial charge in [-0.25, -0.2) is 13.8 Å². The van der Waals surface area contributed by atoms with E-state index >= 15 is 0 Å². The molecule has 0 radical (unpaired) electrons. The van der Waals surface area contributed by atoms with E-state index in [4.69, 9.17) is 20.5 Å². The Labute approximate surface area is 168 Å². The van der Waals surface area contributed by atoms with Gasteiger partial charge >= 0.3 is 6.95 Å². The minimum atomic E-state index is -3.66. The number of hydroxylamine groups is 4. The van der Waals surface area contributed by atoms with Gasteiger partial charge in [0, 0.05) is 89.8 Å². The van der Waals surface area contributed by atoms with Crippen LogP contribution in [-0.4, -0.2) is 136 Å². The van der Waals surface area contributed by atoms with Gasteiger partial charge in [-0.2, -0.15) is 10.1 Å². The van der Waals surface area contributed by atoms with Crippen LogP contribution >= 0.6 is 18.2 Å². The molecule has 27 heavy (non-hydrogen) atoms. The third-order valence-corrected chi connectivity index (χ3v) is 6.04. The van der Waals surface area contributed by atoms with E-state index in [1.807, 2.05) is 0 Å². The molecule has 2 rings (SSSR count). The van der Waals surface area contributed by atoms with Crippen molar-refractivity contribution in [3.05, 3.63) is 0 Å². The van der Waals surface area contributed by atoms with Crippen molar-refractivity contribution in [2.45, 2.75) is 0 Å². The predicted octanol–water partition coefficient (Wildman–Crippen LogP) is 0.555. The maximum Gasteiger partial charge on any atom is 0.457 e. The molecule has 0 aliphatic carbocycles. The average Bonchev–Trinajstić information content (AvgIpc) is 2.60. The van der Waals surface area contributed by atoms with Crippen molar-refractivity contribution in [2.75, 3.05) is 107 Å². The normalized spacial score (nSPS) is 22.2. The van der Waals surface area contributed by atoms with Crippen LogP contribution in [0.15, 0.2) is 0 Å². The van der Waals surface area contributed by atoms with E-state index in [-0.39, 0.29) is 0 Å². The lowest BCUT2D eigenvalue weighted by Gasteiger charge is -2.37. The molecule has 0 aromatic heterocycles. The molecule has 2 saturated heterocycles. The fourth-order valence-corrected chi connectivity index (χ4v) is 4.47. The van der Waals surface area contributed by atoms with Gasteiger partial charge in [0.1, 0.15) is 0 Å². The zero-order chi connectivity index (χ0) is 19.9. The molecule has 160 valence electrons. The van der Waals surface area contributed by atoms with Crippen LogP contribution in [0.25, 0.3) is 0 Å². The number of hydrogen-bond donors (Lipinski definition) is 0. The Morgan fingerprint density at radius 2 is 1.07 bits per heavy atom. The Morgan fingerprint density at radius 1 is 0.741 bits per heavy atom. The molecule has 0 amide bonds. The van der Waals surface area contributed by atoms with Crippen molar-refractivity contribution < 1.29 is 13.8 Å². The number of nitrogens with zero attached hydrogens (tertiary/aromatic N) is 6. The lowest BCUT2D eigenvalue weighted by molar-refractivity contribution is -0.140. The summed E-state index contributed by atoms with van der Waals surface area (Å²) in [5.74, 6) is 0. The highest BCUT2D eigenvalue weighted by Gasteiger charge is 2.32. The van der Waals surface area contributed by atoms with Crippen LogP contribution in [0.3, 0.4) is 0 Å². The molecule has 0 aromatic carbocycles. The average molecular weight is 427 g/mol. The summed E-state index contributed by atoms with van der Waals surface area (Å²) in [6.45, 7) is 6.61. The van der Waals surface area contributed by atoms with E-state index in [1.165, 1.54) is 0 Å². The van der Waals surface area contributed by atoms with Crippen LogP contribution in [0, 0.1) is 0 Å². The SMILES string of the molecule is CN(C)CCN1CCN(OP(=O)(Cl)ON2CCN(CCN(C)C)CC2)CC1. The van der Waals surface area contributed by atoms with Crippen LogP contribution in [0.4, 0.5) is 0 Å². The van der Waals surface area contributed by atoms with Gasteiger partial charge in [0.25, 0.3) is 0 Å². The third-order valence-electron chi connectivity index (χ3n) is 4.82. The van der Waals surface area contributed by atoms with Gasteiger partial charge in [0.2, 0.25) is 0 Å². The van der Waals surface area contributed by atoms with Crippen molar-refractivity contribution in [3.63, 3.8) is 0 Å². The zero-order valence-electron chi connectivity index (χ0n) is 17.2. The minimum Gasteiger partial charge on any atom is -0.308 e. The van der Waals surface area contributed by atoms with Crippen molar-refractivity contribution in [2.24, 2.45) is 0 Å². The number of rotatable bonds is 10. The molecule has 0 bridgehead atoms. The fourth-order valence-electron chi connectivity index (χ4n) is 3.04. The molecule has 2 aliphatic rings. The summed E-state index contributed by atoms with van der Waals surface area (Å²) in [7, 11) is 8.29. The van der Waals surface area contributed by atoms with Crippen LogP contribution < -0.4 is 0 Å². The number of piperazine rings is 2. The second-order valence-electron chi connectivity index (χ2n) is 7.74. The van der Waals surface area contributed by atoms with Gasteiger partial charge in [0.15, 0.2) is 0 Å². The van der Waals surface area contributed by atoms with Gasteiger partial charge in [-0.3, -0.25) is 9.80 Å². The maximum atomic E-state index is 12.5. The molecule has 0 aromatic rings. The van der Waals surface area contributed by atoms with Crippen molar-refractivity contribution in [3.8, 4) is 0 Å². The summed E-state index contributed by atoms with van der Waals surface area (Å²) in [5.41, 5.74) is 0. The smallest absolute Gasteiger partial charge is 0.308 e. The van der Waals surface area contributed by atoms with Gasteiger partial charge in [0.05, 0.1) is 0 Å². The van der Waals surface area contributed by atoms with Crippen molar-refractivity contribution in [1.29, 1.82) is 0 Å². The molecule has 2 heterocycles. The molecule has 2 aliphatic heterocycles. The lowest BCUT2D eigenvalue weighted by atomic mass is 10.3. The Bertz CT molecular complexity index is 433. The van der Waals surface area contributed by atoms with Crippen LogP contribution in [0.2, 0.25) is 0 Å². The molecular formula is C16H36ClN6O3P. The highest BCUT2D eigenvalue weighted by molar-refractivity contribution is 7.81. The summed E-state index contributed by atoms with van der Waals surface area (Å²) in [6.07, 6.45) is 0. The zero-order valence-corrected chi connectivity index (χ0v) is 18.9. The molecule has 0 saturated carbocycles. The first-order valence-corrected chi connectivity index (χ1v) is 12.1. The fraction of sp³-hybridized carbons (Fsp3) is 1.00. The van der Waals surface area contributed by atoms with Gasteiger partial charge in [-0.05, 0) is 28.2 Å². The third kappa shape index (κ3) is 9.49. The molecule has 0 N–H and O–H groups in total. The first kappa shape index (κ1) is 23.5. The molecule has 0 unspecified atom stereocenters. The van der Waals surface area contributed by atoms with E-state index in [0.29, 0.717) is 26.2 Å². The monoisotopic (exact) mass is 426 g/mol. The second-order valence-corrected chi connectivity index (χ2v) is 10.2. The summed E-state index contributed by atoms with van der Waals surface area (Å²) in [4.78, 5) is 9.08. The molecule has 2 fully saturated rings. The quantitative estimate of drug-likeness (QED) is 0.466. The van der Waals surface area contributed by atoms with Gasteiger partial charge in [-0.1, -0.05) is 0 Å². The van der Waals surface area contributed by atoms with Crippen LogP contribution in [0.5, 0.6) is 0 Å². The summed E-state index contributed by atoms with van der Waals surface area (Å²) >= 11 is 6.07. The summed E-state index contributed by atoms with van der Waals surface area (Å²) in [5, 5.41) is 3.35. The van der Waals surface area contributed by atoms with Crippen LogP contribution in [0.1, 0.15) is 0 Å². The highest BCUT2D eigenvalue weighted by atomic mass is 35.7. The highest BCUT2D eigenvalue weighted by Crippen LogP contribution is 2.55. The summed E-state index contributed by atoms with van der Waals surface area (Å²) in [6, 6.07) is 0.